The molecule has 4 nitrogen and oxygen atoms in total. The summed E-state index contributed by atoms with van der Waals surface area (Å²) in [7, 11) is 1.89. The minimum absolute atomic E-state index is 0.137. The quantitative estimate of drug-likeness (QED) is 0.895. The minimum atomic E-state index is 0.137. The molecule has 0 unspecified atom stereocenters. The molecule has 1 N–H and O–H groups in total. The van der Waals surface area contributed by atoms with Gasteiger partial charge < -0.3 is 14.8 Å². The molecule has 0 saturated carbocycles. The molecule has 1 aromatic heterocycles. The van der Waals surface area contributed by atoms with E-state index in [1.165, 1.54) is 0 Å². The fraction of sp³-hybridized carbons (Fsp3) is 0.643. The van der Waals surface area contributed by atoms with Gasteiger partial charge in [-0.2, -0.15) is 11.8 Å². The van der Waals surface area contributed by atoms with Crippen LogP contribution in [0.15, 0.2) is 18.3 Å². The maximum Gasteiger partial charge on any atom is 0.270 e. The van der Waals surface area contributed by atoms with Gasteiger partial charge in [-0.25, -0.2) is 0 Å². The third-order valence-corrected chi connectivity index (χ3v) is 4.27. The van der Waals surface area contributed by atoms with Crippen LogP contribution in [0.1, 0.15) is 29.4 Å². The lowest BCUT2D eigenvalue weighted by molar-refractivity contribution is 0.0789. The third kappa shape index (κ3) is 3.54. The van der Waals surface area contributed by atoms with Crippen molar-refractivity contribution in [2.45, 2.75) is 18.9 Å². The molecule has 1 aliphatic heterocycles. The predicted octanol–water partition coefficient (Wildman–Crippen LogP) is 1.85. The van der Waals surface area contributed by atoms with E-state index in [2.05, 4.69) is 16.1 Å². The predicted molar refractivity (Wildman–Crippen MR) is 80.9 cm³/mol. The van der Waals surface area contributed by atoms with E-state index in [0.717, 1.165) is 43.9 Å². The minimum Gasteiger partial charge on any atom is -0.340 e. The van der Waals surface area contributed by atoms with Crippen LogP contribution in [0.25, 0.3) is 0 Å². The highest BCUT2D eigenvalue weighted by Crippen LogP contribution is 2.21. The van der Waals surface area contributed by atoms with E-state index in [1.807, 2.05) is 30.3 Å². The average Bonchev–Trinajstić information content (AvgIpc) is 2.94. The summed E-state index contributed by atoms with van der Waals surface area (Å²) in [6.45, 7) is 2.88. The van der Waals surface area contributed by atoms with Gasteiger partial charge in [0.2, 0.25) is 0 Å². The first-order valence-corrected chi connectivity index (χ1v) is 8.25. The third-order valence-electron chi connectivity index (χ3n) is 3.68. The first-order chi connectivity index (χ1) is 9.24. The van der Waals surface area contributed by atoms with Crippen LogP contribution in [0.4, 0.5) is 0 Å². The van der Waals surface area contributed by atoms with Crippen molar-refractivity contribution < 1.29 is 4.79 Å². The second-order valence-corrected chi connectivity index (χ2v) is 5.99. The Bertz CT molecular complexity index is 413. The Morgan fingerprint density at radius 1 is 1.53 bits per heavy atom. The van der Waals surface area contributed by atoms with Crippen LogP contribution in [-0.2, 0) is 0 Å². The molecule has 0 radical (unpaired) electrons. The maximum atomic E-state index is 12.5. The average molecular weight is 281 g/mol. The molecular weight excluding hydrogens is 258 g/mol. The molecule has 1 aliphatic rings. The summed E-state index contributed by atoms with van der Waals surface area (Å²) >= 11 is 1.77. The summed E-state index contributed by atoms with van der Waals surface area (Å²) in [5.74, 6) is 1.12. The first kappa shape index (κ1) is 14.5. The highest BCUT2D eigenvalue weighted by Gasteiger charge is 2.21. The molecule has 0 aliphatic carbocycles. The zero-order chi connectivity index (χ0) is 13.7. The molecule has 19 heavy (non-hydrogen) atoms. The van der Waals surface area contributed by atoms with Crippen LogP contribution < -0.4 is 5.32 Å². The smallest absolute Gasteiger partial charge is 0.270 e. The number of nitrogens with one attached hydrogen (secondary N) is 1. The Hall–Kier alpha value is -0.940. The van der Waals surface area contributed by atoms with Gasteiger partial charge in [-0.1, -0.05) is 0 Å². The lowest BCUT2D eigenvalue weighted by atomic mass is 10.1. The summed E-state index contributed by atoms with van der Waals surface area (Å²) in [6, 6.07) is 4.39. The molecule has 5 heteroatoms. The van der Waals surface area contributed by atoms with E-state index in [0.29, 0.717) is 6.04 Å². The second-order valence-electron chi connectivity index (χ2n) is 5.00. The number of thioether (sulfide) groups is 1. The van der Waals surface area contributed by atoms with Gasteiger partial charge in [0.1, 0.15) is 5.69 Å². The van der Waals surface area contributed by atoms with E-state index in [9.17, 15) is 4.79 Å². The van der Waals surface area contributed by atoms with Crippen LogP contribution in [0, 0.1) is 0 Å². The fourth-order valence-electron chi connectivity index (χ4n) is 2.50. The van der Waals surface area contributed by atoms with Gasteiger partial charge in [0.05, 0.1) is 0 Å². The molecule has 0 spiro atoms. The summed E-state index contributed by atoms with van der Waals surface area (Å²) in [4.78, 5) is 14.3. The van der Waals surface area contributed by atoms with Crippen molar-refractivity contribution in [2.24, 2.45) is 0 Å². The lowest BCUT2D eigenvalue weighted by Crippen LogP contribution is -2.34. The Labute approximate surface area is 119 Å². The number of hydrogen-bond donors (Lipinski definition) is 1. The SMILES string of the molecule is CSCCN(C)C(=O)c1cccn1C1CCNCC1. The van der Waals surface area contributed by atoms with Crippen molar-refractivity contribution in [3.05, 3.63) is 24.0 Å². The zero-order valence-electron chi connectivity index (χ0n) is 11.8. The monoisotopic (exact) mass is 281 g/mol. The van der Waals surface area contributed by atoms with E-state index in [-0.39, 0.29) is 5.91 Å². The van der Waals surface area contributed by atoms with Crippen molar-refractivity contribution in [2.75, 3.05) is 38.7 Å². The highest BCUT2D eigenvalue weighted by molar-refractivity contribution is 7.98. The molecule has 1 saturated heterocycles. The van der Waals surface area contributed by atoms with E-state index in [4.69, 9.17) is 0 Å². The number of aromatic nitrogens is 1. The van der Waals surface area contributed by atoms with Crippen molar-refractivity contribution in [3.8, 4) is 0 Å². The van der Waals surface area contributed by atoms with Crippen molar-refractivity contribution in [1.29, 1.82) is 0 Å². The molecule has 1 aromatic rings. The van der Waals surface area contributed by atoms with Gasteiger partial charge in [0.15, 0.2) is 0 Å². The topological polar surface area (TPSA) is 37.3 Å². The summed E-state index contributed by atoms with van der Waals surface area (Å²) in [5, 5.41) is 3.36. The lowest BCUT2D eigenvalue weighted by Gasteiger charge is -2.27. The van der Waals surface area contributed by atoms with Crippen molar-refractivity contribution in [3.63, 3.8) is 0 Å². The molecule has 106 valence electrons. The van der Waals surface area contributed by atoms with Crippen molar-refractivity contribution >= 4 is 17.7 Å². The molecule has 0 bridgehead atoms. The molecule has 1 amide bonds. The normalized spacial score (nSPS) is 16.5. The fourth-order valence-corrected chi connectivity index (χ4v) is 2.96. The van der Waals surface area contributed by atoms with Crippen LogP contribution in [0.2, 0.25) is 0 Å². The van der Waals surface area contributed by atoms with Gasteiger partial charge >= 0.3 is 0 Å². The van der Waals surface area contributed by atoms with Crippen LogP contribution >= 0.6 is 11.8 Å². The highest BCUT2D eigenvalue weighted by atomic mass is 32.2. The number of carbonyl (C=O) groups excluding carboxylic acids is 1. The number of nitrogens with zero attached hydrogens (tertiary/aromatic N) is 2. The molecule has 1 fully saturated rings. The zero-order valence-corrected chi connectivity index (χ0v) is 12.6. The molecule has 2 heterocycles. The van der Waals surface area contributed by atoms with E-state index >= 15 is 0 Å². The number of amides is 1. The Balaban J connectivity index is 2.07. The van der Waals surface area contributed by atoms with Crippen LogP contribution in [0.5, 0.6) is 0 Å². The van der Waals surface area contributed by atoms with E-state index in [1.54, 1.807) is 11.8 Å². The molecule has 0 atom stereocenters. The number of piperidine rings is 1. The second kappa shape index (κ2) is 7.01. The van der Waals surface area contributed by atoms with E-state index < -0.39 is 0 Å². The maximum absolute atomic E-state index is 12.5. The summed E-state index contributed by atoms with van der Waals surface area (Å²) in [6.07, 6.45) is 6.31. The molecule has 0 aromatic carbocycles. The largest absolute Gasteiger partial charge is 0.340 e. The van der Waals surface area contributed by atoms with Gasteiger partial charge in [0.25, 0.3) is 5.91 Å². The summed E-state index contributed by atoms with van der Waals surface area (Å²) < 4.78 is 2.17. The Morgan fingerprint density at radius 3 is 2.95 bits per heavy atom. The van der Waals surface area contributed by atoms with Gasteiger partial charge in [-0.05, 0) is 44.3 Å². The Morgan fingerprint density at radius 2 is 2.26 bits per heavy atom. The Kier molecular flexibility index (Phi) is 5.34. The molecular formula is C14H23N3OS. The number of carbonyl (C=O) groups is 1. The van der Waals surface area contributed by atoms with Crippen LogP contribution in [-0.4, -0.2) is 54.1 Å². The summed E-state index contributed by atoms with van der Waals surface area (Å²) in [5.41, 5.74) is 0.829. The van der Waals surface area contributed by atoms with Gasteiger partial charge in [-0.15, -0.1) is 0 Å². The molecule has 2 rings (SSSR count). The number of rotatable bonds is 5. The van der Waals surface area contributed by atoms with Gasteiger partial charge in [0, 0.05) is 31.6 Å². The number of hydrogen-bond acceptors (Lipinski definition) is 3. The first-order valence-electron chi connectivity index (χ1n) is 6.86. The van der Waals surface area contributed by atoms with Crippen molar-refractivity contribution in [1.82, 2.24) is 14.8 Å². The standard InChI is InChI=1S/C14H23N3OS/c1-16(10-11-19-2)14(18)13-4-3-9-17(13)12-5-7-15-8-6-12/h3-4,9,12,15H,5-8,10-11H2,1-2H3. The van der Waals surface area contributed by atoms with Crippen LogP contribution in [0.3, 0.4) is 0 Å². The van der Waals surface area contributed by atoms with Gasteiger partial charge in [-0.3, -0.25) is 4.79 Å².